The van der Waals surface area contributed by atoms with Crippen molar-refractivity contribution in [1.82, 2.24) is 0 Å². The Morgan fingerprint density at radius 2 is 2.00 bits per heavy atom. The molecule has 0 aromatic heterocycles. The third-order valence-electron chi connectivity index (χ3n) is 1.93. The second-order valence-corrected chi connectivity index (χ2v) is 3.51. The summed E-state index contributed by atoms with van der Waals surface area (Å²) < 4.78 is 26.1. The number of hydrogen-bond acceptors (Lipinski definition) is 1. The molecule has 0 spiro atoms. The second-order valence-electron chi connectivity index (χ2n) is 3.11. The Labute approximate surface area is 90.5 Å². The fourth-order valence-electron chi connectivity index (χ4n) is 1.19. The standard InChI is InChI=1S/C10H9ClF2O2/c11-7-5-8(12)6(4-9(7)13)2-1-3-10(14)15/h4-5H,1-3H2,(H,14,15). The number of hydrogen-bond donors (Lipinski definition) is 1. The highest BCUT2D eigenvalue weighted by atomic mass is 35.5. The molecule has 5 heteroatoms. The number of carboxylic acids is 1. The second kappa shape index (κ2) is 5.07. The van der Waals surface area contributed by atoms with Crippen LogP contribution in [0.1, 0.15) is 18.4 Å². The maximum absolute atomic E-state index is 13.2. The number of aryl methyl sites for hydroxylation is 1. The van der Waals surface area contributed by atoms with E-state index < -0.39 is 17.6 Å². The maximum Gasteiger partial charge on any atom is 0.303 e. The molecule has 0 heterocycles. The van der Waals surface area contributed by atoms with Gasteiger partial charge in [0.1, 0.15) is 11.6 Å². The highest BCUT2D eigenvalue weighted by Crippen LogP contribution is 2.20. The molecular weight excluding hydrogens is 226 g/mol. The molecule has 0 amide bonds. The Hall–Kier alpha value is -1.16. The van der Waals surface area contributed by atoms with E-state index in [-0.39, 0.29) is 29.8 Å². The van der Waals surface area contributed by atoms with Gasteiger partial charge in [0.2, 0.25) is 0 Å². The van der Waals surface area contributed by atoms with Crippen molar-refractivity contribution in [3.63, 3.8) is 0 Å². The lowest BCUT2D eigenvalue weighted by Crippen LogP contribution is -1.98. The van der Waals surface area contributed by atoms with Crippen LogP contribution in [0, 0.1) is 11.6 Å². The molecule has 1 rings (SSSR count). The third-order valence-corrected chi connectivity index (χ3v) is 2.22. The summed E-state index contributed by atoms with van der Waals surface area (Å²) in [6.07, 6.45) is 0.392. The van der Waals surface area contributed by atoms with E-state index in [2.05, 4.69) is 0 Å². The van der Waals surface area contributed by atoms with Gasteiger partial charge in [0.05, 0.1) is 5.02 Å². The molecule has 0 saturated heterocycles. The topological polar surface area (TPSA) is 37.3 Å². The smallest absolute Gasteiger partial charge is 0.303 e. The molecule has 15 heavy (non-hydrogen) atoms. The zero-order valence-corrected chi connectivity index (χ0v) is 8.52. The van der Waals surface area contributed by atoms with Crippen LogP contribution in [0.3, 0.4) is 0 Å². The Morgan fingerprint density at radius 1 is 1.33 bits per heavy atom. The van der Waals surface area contributed by atoms with Crippen LogP contribution in [0.15, 0.2) is 12.1 Å². The summed E-state index contributed by atoms with van der Waals surface area (Å²) >= 11 is 5.36. The maximum atomic E-state index is 13.2. The van der Waals surface area contributed by atoms with Crippen LogP contribution >= 0.6 is 11.6 Å². The van der Waals surface area contributed by atoms with E-state index in [1.165, 1.54) is 0 Å². The predicted molar refractivity (Wildman–Crippen MR) is 51.9 cm³/mol. The van der Waals surface area contributed by atoms with Crippen LogP contribution in [-0.4, -0.2) is 11.1 Å². The lowest BCUT2D eigenvalue weighted by atomic mass is 10.1. The zero-order chi connectivity index (χ0) is 11.4. The van der Waals surface area contributed by atoms with Crippen molar-refractivity contribution in [2.24, 2.45) is 0 Å². The minimum atomic E-state index is -0.954. The highest BCUT2D eigenvalue weighted by molar-refractivity contribution is 6.30. The van der Waals surface area contributed by atoms with Crippen LogP contribution < -0.4 is 0 Å². The molecule has 2 nitrogen and oxygen atoms in total. The van der Waals surface area contributed by atoms with Gasteiger partial charge < -0.3 is 5.11 Å². The highest BCUT2D eigenvalue weighted by Gasteiger charge is 2.08. The van der Waals surface area contributed by atoms with Crippen molar-refractivity contribution in [1.29, 1.82) is 0 Å². The monoisotopic (exact) mass is 234 g/mol. The largest absolute Gasteiger partial charge is 0.481 e. The van der Waals surface area contributed by atoms with Gasteiger partial charge in [-0.15, -0.1) is 0 Å². The number of carbonyl (C=O) groups is 1. The van der Waals surface area contributed by atoms with Gasteiger partial charge in [-0.05, 0) is 30.5 Å². The Bertz CT molecular complexity index is 380. The summed E-state index contributed by atoms with van der Waals surface area (Å²) in [6.45, 7) is 0. The minimum absolute atomic E-state index is 0.0658. The lowest BCUT2D eigenvalue weighted by Gasteiger charge is -2.03. The van der Waals surface area contributed by atoms with Gasteiger partial charge in [-0.2, -0.15) is 0 Å². The molecule has 0 aliphatic rings. The number of carboxylic acid groups (broad SMARTS) is 1. The van der Waals surface area contributed by atoms with Crippen molar-refractivity contribution >= 4 is 17.6 Å². The van der Waals surface area contributed by atoms with E-state index in [1.807, 2.05) is 0 Å². The summed E-state index contributed by atoms with van der Waals surface area (Å²) in [5.41, 5.74) is 0.151. The van der Waals surface area contributed by atoms with Crippen LogP contribution in [0.4, 0.5) is 8.78 Å². The average molecular weight is 235 g/mol. The van der Waals surface area contributed by atoms with E-state index in [9.17, 15) is 13.6 Å². The molecule has 1 aromatic carbocycles. The molecule has 1 N–H and O–H groups in total. The number of aliphatic carboxylic acids is 1. The van der Waals surface area contributed by atoms with Gasteiger partial charge in [-0.3, -0.25) is 4.79 Å². The van der Waals surface area contributed by atoms with E-state index >= 15 is 0 Å². The molecule has 0 bridgehead atoms. The van der Waals surface area contributed by atoms with Crippen molar-refractivity contribution < 1.29 is 18.7 Å². The molecule has 0 atom stereocenters. The van der Waals surface area contributed by atoms with E-state index in [0.717, 1.165) is 12.1 Å². The Morgan fingerprint density at radius 3 is 2.60 bits per heavy atom. The van der Waals surface area contributed by atoms with Crippen molar-refractivity contribution in [2.45, 2.75) is 19.3 Å². The molecule has 0 saturated carbocycles. The van der Waals surface area contributed by atoms with Crippen LogP contribution in [0.5, 0.6) is 0 Å². The normalized spacial score (nSPS) is 10.3. The van der Waals surface area contributed by atoms with Crippen LogP contribution in [0.2, 0.25) is 5.02 Å². The first kappa shape index (κ1) is 11.9. The molecule has 0 aliphatic carbocycles. The van der Waals surface area contributed by atoms with Gasteiger partial charge in [0.25, 0.3) is 0 Å². The Balaban J connectivity index is 2.69. The first-order chi connectivity index (χ1) is 7.00. The Kier molecular flexibility index (Phi) is 4.03. The van der Waals surface area contributed by atoms with Gasteiger partial charge in [0.15, 0.2) is 0 Å². The van der Waals surface area contributed by atoms with Crippen molar-refractivity contribution in [3.05, 3.63) is 34.4 Å². The van der Waals surface area contributed by atoms with Gasteiger partial charge >= 0.3 is 5.97 Å². The summed E-state index contributed by atoms with van der Waals surface area (Å²) in [5, 5.41) is 8.10. The van der Waals surface area contributed by atoms with Gasteiger partial charge in [-0.25, -0.2) is 8.78 Å². The number of halogens is 3. The SMILES string of the molecule is O=C(O)CCCc1cc(F)c(Cl)cc1F. The summed E-state index contributed by atoms with van der Waals surface area (Å²) in [4.78, 5) is 10.2. The summed E-state index contributed by atoms with van der Waals surface area (Å²) in [6, 6.07) is 1.90. The van der Waals surface area contributed by atoms with Crippen molar-refractivity contribution in [2.75, 3.05) is 0 Å². The molecule has 0 fully saturated rings. The van der Waals surface area contributed by atoms with Crippen LogP contribution in [0.25, 0.3) is 0 Å². The van der Waals surface area contributed by atoms with Crippen LogP contribution in [-0.2, 0) is 11.2 Å². The first-order valence-corrected chi connectivity index (χ1v) is 4.73. The molecule has 82 valence electrons. The van der Waals surface area contributed by atoms with E-state index in [0.29, 0.717) is 0 Å². The van der Waals surface area contributed by atoms with E-state index in [4.69, 9.17) is 16.7 Å². The van der Waals surface area contributed by atoms with Crippen molar-refractivity contribution in [3.8, 4) is 0 Å². The molecular formula is C10H9ClF2O2. The fraction of sp³-hybridized carbons (Fsp3) is 0.300. The number of benzene rings is 1. The first-order valence-electron chi connectivity index (χ1n) is 4.36. The molecule has 0 radical (unpaired) electrons. The fourth-order valence-corrected chi connectivity index (χ4v) is 1.34. The van der Waals surface area contributed by atoms with Gasteiger partial charge in [-0.1, -0.05) is 11.6 Å². The zero-order valence-electron chi connectivity index (χ0n) is 7.77. The molecule has 0 unspecified atom stereocenters. The van der Waals surface area contributed by atoms with Gasteiger partial charge in [0, 0.05) is 6.42 Å². The summed E-state index contributed by atoms with van der Waals surface area (Å²) in [5.74, 6) is -2.25. The quantitative estimate of drug-likeness (QED) is 0.813. The molecule has 1 aromatic rings. The average Bonchev–Trinajstić information content (AvgIpc) is 2.13. The summed E-state index contributed by atoms with van der Waals surface area (Å²) in [7, 11) is 0. The lowest BCUT2D eigenvalue weighted by molar-refractivity contribution is -0.137. The minimum Gasteiger partial charge on any atom is -0.481 e. The number of rotatable bonds is 4. The van der Waals surface area contributed by atoms with E-state index in [1.54, 1.807) is 0 Å². The predicted octanol–water partition coefficient (Wildman–Crippen LogP) is 3.03. The third kappa shape index (κ3) is 3.47. The molecule has 0 aliphatic heterocycles.